The lowest BCUT2D eigenvalue weighted by molar-refractivity contribution is 0.385. The van der Waals surface area contributed by atoms with Crippen molar-refractivity contribution in [2.24, 2.45) is 0 Å². The van der Waals surface area contributed by atoms with E-state index in [1.54, 1.807) is 0 Å². The van der Waals surface area contributed by atoms with Crippen molar-refractivity contribution in [3.63, 3.8) is 0 Å². The SMILES string of the molecule is C#C[C@H](CCC)NC(C)(C)C. The molecule has 11 heavy (non-hydrogen) atoms. The maximum atomic E-state index is 5.35. The predicted molar refractivity (Wildman–Crippen MR) is 50.4 cm³/mol. The number of terminal acetylenes is 1. The summed E-state index contributed by atoms with van der Waals surface area (Å²) in [6.45, 7) is 8.54. The van der Waals surface area contributed by atoms with Gasteiger partial charge in [-0.25, -0.2) is 0 Å². The first-order chi connectivity index (χ1) is 4.99. The summed E-state index contributed by atoms with van der Waals surface area (Å²) in [6.07, 6.45) is 7.55. The zero-order valence-corrected chi connectivity index (χ0v) is 8.07. The lowest BCUT2D eigenvalue weighted by Crippen LogP contribution is -2.42. The lowest BCUT2D eigenvalue weighted by atomic mass is 10.1. The van der Waals surface area contributed by atoms with Gasteiger partial charge in [0.25, 0.3) is 0 Å². The van der Waals surface area contributed by atoms with Crippen LogP contribution in [-0.4, -0.2) is 11.6 Å². The highest BCUT2D eigenvalue weighted by atomic mass is 15.0. The zero-order valence-electron chi connectivity index (χ0n) is 8.07. The van der Waals surface area contributed by atoms with Crippen LogP contribution in [0.15, 0.2) is 0 Å². The van der Waals surface area contributed by atoms with Crippen LogP contribution in [0.1, 0.15) is 40.5 Å². The van der Waals surface area contributed by atoms with Crippen LogP contribution >= 0.6 is 0 Å². The number of nitrogens with one attached hydrogen (secondary N) is 1. The molecule has 1 N–H and O–H groups in total. The molecule has 0 aromatic rings. The fraction of sp³-hybridized carbons (Fsp3) is 0.800. The molecule has 0 aliphatic carbocycles. The molecule has 1 atom stereocenters. The average molecular weight is 153 g/mol. The third kappa shape index (κ3) is 5.94. The van der Waals surface area contributed by atoms with E-state index in [0.717, 1.165) is 12.8 Å². The summed E-state index contributed by atoms with van der Waals surface area (Å²) in [4.78, 5) is 0. The van der Waals surface area contributed by atoms with E-state index in [1.807, 2.05) is 0 Å². The van der Waals surface area contributed by atoms with Gasteiger partial charge in [-0.1, -0.05) is 19.3 Å². The summed E-state index contributed by atoms with van der Waals surface area (Å²) < 4.78 is 0. The second kappa shape index (κ2) is 4.41. The first-order valence-corrected chi connectivity index (χ1v) is 4.23. The van der Waals surface area contributed by atoms with Gasteiger partial charge in [0.05, 0.1) is 6.04 Å². The van der Waals surface area contributed by atoms with E-state index in [1.165, 1.54) is 0 Å². The molecule has 0 rings (SSSR count). The van der Waals surface area contributed by atoms with Crippen LogP contribution < -0.4 is 5.32 Å². The maximum Gasteiger partial charge on any atom is 0.0690 e. The lowest BCUT2D eigenvalue weighted by Gasteiger charge is -2.25. The molecule has 0 spiro atoms. The van der Waals surface area contributed by atoms with E-state index < -0.39 is 0 Å². The van der Waals surface area contributed by atoms with Crippen LogP contribution in [0.3, 0.4) is 0 Å². The van der Waals surface area contributed by atoms with Gasteiger partial charge in [-0.2, -0.15) is 0 Å². The number of rotatable bonds is 3. The summed E-state index contributed by atoms with van der Waals surface area (Å²) in [5.74, 6) is 2.75. The van der Waals surface area contributed by atoms with Crippen LogP contribution in [0, 0.1) is 12.3 Å². The second-order valence-corrected chi connectivity index (χ2v) is 3.90. The van der Waals surface area contributed by atoms with Gasteiger partial charge in [-0.05, 0) is 27.2 Å². The van der Waals surface area contributed by atoms with Crippen molar-refractivity contribution in [3.05, 3.63) is 0 Å². The van der Waals surface area contributed by atoms with Crippen LogP contribution in [-0.2, 0) is 0 Å². The van der Waals surface area contributed by atoms with Gasteiger partial charge >= 0.3 is 0 Å². The third-order valence-electron chi connectivity index (χ3n) is 1.39. The third-order valence-corrected chi connectivity index (χ3v) is 1.39. The Bertz CT molecular complexity index is 136. The Hall–Kier alpha value is -0.480. The Morgan fingerprint density at radius 3 is 2.27 bits per heavy atom. The fourth-order valence-electron chi connectivity index (χ4n) is 1.01. The van der Waals surface area contributed by atoms with Crippen molar-refractivity contribution < 1.29 is 0 Å². The molecule has 0 heterocycles. The van der Waals surface area contributed by atoms with Crippen LogP contribution in [0.5, 0.6) is 0 Å². The molecular formula is C10H19N. The molecule has 0 fully saturated rings. The molecule has 0 saturated carbocycles. The molecule has 0 amide bonds. The average Bonchev–Trinajstić information content (AvgIpc) is 1.84. The highest BCUT2D eigenvalue weighted by molar-refractivity contribution is 5.00. The topological polar surface area (TPSA) is 12.0 Å². The molecular weight excluding hydrogens is 134 g/mol. The maximum absolute atomic E-state index is 5.35. The smallest absolute Gasteiger partial charge is 0.0690 e. The molecule has 0 bridgehead atoms. The van der Waals surface area contributed by atoms with Crippen molar-refractivity contribution in [2.45, 2.75) is 52.1 Å². The van der Waals surface area contributed by atoms with E-state index in [-0.39, 0.29) is 11.6 Å². The van der Waals surface area contributed by atoms with E-state index >= 15 is 0 Å². The second-order valence-electron chi connectivity index (χ2n) is 3.90. The largest absolute Gasteiger partial charge is 0.299 e. The zero-order chi connectivity index (χ0) is 8.91. The van der Waals surface area contributed by atoms with Crippen LogP contribution in [0.25, 0.3) is 0 Å². The van der Waals surface area contributed by atoms with Crippen LogP contribution in [0.2, 0.25) is 0 Å². The summed E-state index contributed by atoms with van der Waals surface area (Å²) in [6, 6.07) is 0.236. The molecule has 0 aliphatic heterocycles. The van der Waals surface area contributed by atoms with Crippen molar-refractivity contribution in [2.75, 3.05) is 0 Å². The molecule has 0 aromatic heterocycles. The predicted octanol–water partition coefficient (Wildman–Crippen LogP) is 2.18. The molecule has 0 radical (unpaired) electrons. The molecule has 0 saturated heterocycles. The van der Waals surface area contributed by atoms with Gasteiger partial charge in [0.15, 0.2) is 0 Å². The Balaban J connectivity index is 3.81. The van der Waals surface area contributed by atoms with E-state index in [0.29, 0.717) is 0 Å². The summed E-state index contributed by atoms with van der Waals surface area (Å²) in [7, 11) is 0. The monoisotopic (exact) mass is 153 g/mol. The van der Waals surface area contributed by atoms with Gasteiger partial charge in [0.1, 0.15) is 0 Å². The van der Waals surface area contributed by atoms with Crippen molar-refractivity contribution in [1.82, 2.24) is 5.32 Å². The van der Waals surface area contributed by atoms with Gasteiger partial charge in [0.2, 0.25) is 0 Å². The highest BCUT2D eigenvalue weighted by Crippen LogP contribution is 2.04. The standard InChI is InChI=1S/C10H19N/c1-6-8-9(7-2)11-10(3,4)5/h2,9,11H,6,8H2,1,3-5H3/t9-/m1/s1. The van der Waals surface area contributed by atoms with Gasteiger partial charge in [-0.3, -0.25) is 5.32 Å². The van der Waals surface area contributed by atoms with Crippen molar-refractivity contribution in [1.29, 1.82) is 0 Å². The minimum absolute atomic E-state index is 0.131. The molecule has 1 nitrogen and oxygen atoms in total. The first-order valence-electron chi connectivity index (χ1n) is 4.23. The van der Waals surface area contributed by atoms with Gasteiger partial charge < -0.3 is 0 Å². The van der Waals surface area contributed by atoms with Crippen molar-refractivity contribution in [3.8, 4) is 12.3 Å². The molecule has 0 aliphatic rings. The Labute approximate surface area is 70.6 Å². The van der Waals surface area contributed by atoms with Gasteiger partial charge in [-0.15, -0.1) is 6.42 Å². The first kappa shape index (κ1) is 10.5. The molecule has 0 aromatic carbocycles. The Morgan fingerprint density at radius 2 is 2.00 bits per heavy atom. The summed E-state index contributed by atoms with van der Waals surface area (Å²) in [5, 5.41) is 3.37. The quantitative estimate of drug-likeness (QED) is 0.613. The van der Waals surface area contributed by atoms with E-state index in [2.05, 4.69) is 38.9 Å². The minimum Gasteiger partial charge on any atom is -0.299 e. The van der Waals surface area contributed by atoms with E-state index in [4.69, 9.17) is 6.42 Å². The Kier molecular flexibility index (Phi) is 4.22. The minimum atomic E-state index is 0.131. The molecule has 1 heteroatoms. The summed E-state index contributed by atoms with van der Waals surface area (Å²) >= 11 is 0. The highest BCUT2D eigenvalue weighted by Gasteiger charge is 2.13. The normalized spacial score (nSPS) is 14.1. The number of hydrogen-bond donors (Lipinski definition) is 1. The molecule has 0 unspecified atom stereocenters. The van der Waals surface area contributed by atoms with Gasteiger partial charge in [0, 0.05) is 5.54 Å². The van der Waals surface area contributed by atoms with E-state index in [9.17, 15) is 0 Å². The van der Waals surface area contributed by atoms with Crippen LogP contribution in [0.4, 0.5) is 0 Å². The Morgan fingerprint density at radius 1 is 1.45 bits per heavy atom. The number of hydrogen-bond acceptors (Lipinski definition) is 1. The summed E-state index contributed by atoms with van der Waals surface area (Å²) in [5.41, 5.74) is 0.131. The molecule has 64 valence electrons. The van der Waals surface area contributed by atoms with Crippen molar-refractivity contribution >= 4 is 0 Å². The fourth-order valence-corrected chi connectivity index (χ4v) is 1.01.